The van der Waals surface area contributed by atoms with Crippen LogP contribution >= 0.6 is 22.9 Å². The highest BCUT2D eigenvalue weighted by Gasteiger charge is 2.10. The van der Waals surface area contributed by atoms with Gasteiger partial charge in [0.2, 0.25) is 0 Å². The van der Waals surface area contributed by atoms with Gasteiger partial charge in [-0.1, -0.05) is 35.9 Å². The zero-order valence-electron chi connectivity index (χ0n) is 12.8. The van der Waals surface area contributed by atoms with Crippen molar-refractivity contribution in [1.82, 2.24) is 4.98 Å². The van der Waals surface area contributed by atoms with Gasteiger partial charge in [0.1, 0.15) is 6.07 Å². The van der Waals surface area contributed by atoms with Gasteiger partial charge < -0.3 is 0 Å². The fourth-order valence-corrected chi connectivity index (χ4v) is 2.98. The Balaban J connectivity index is 1.82. The number of rotatable bonds is 4. The number of nitrogens with one attached hydrogen (secondary N) is 1. The van der Waals surface area contributed by atoms with Crippen molar-refractivity contribution in [2.45, 2.75) is 6.92 Å². The monoisotopic (exact) mass is 352 g/mol. The predicted molar refractivity (Wildman–Crippen MR) is 99.5 cm³/mol. The van der Waals surface area contributed by atoms with Crippen LogP contribution in [0.1, 0.15) is 10.6 Å². The molecule has 0 aliphatic heterocycles. The van der Waals surface area contributed by atoms with E-state index in [-0.39, 0.29) is 5.71 Å². The van der Waals surface area contributed by atoms with E-state index < -0.39 is 0 Å². The maximum Gasteiger partial charge on any atom is 0.196 e. The lowest BCUT2D eigenvalue weighted by Crippen LogP contribution is -2.01. The van der Waals surface area contributed by atoms with Gasteiger partial charge in [0, 0.05) is 16.0 Å². The number of anilines is 1. The number of aryl methyl sites for hydroxylation is 1. The molecule has 1 aromatic heterocycles. The average molecular weight is 353 g/mol. The van der Waals surface area contributed by atoms with Gasteiger partial charge in [-0.3, -0.25) is 5.43 Å². The number of halogens is 1. The van der Waals surface area contributed by atoms with Crippen molar-refractivity contribution in [3.05, 3.63) is 69.5 Å². The van der Waals surface area contributed by atoms with Gasteiger partial charge in [-0.15, -0.1) is 11.3 Å². The fourth-order valence-electron chi connectivity index (χ4n) is 2.09. The van der Waals surface area contributed by atoms with Crippen molar-refractivity contribution in [3.63, 3.8) is 0 Å². The molecule has 0 atom stereocenters. The Morgan fingerprint density at radius 3 is 2.75 bits per heavy atom. The van der Waals surface area contributed by atoms with Crippen molar-refractivity contribution >= 4 is 34.3 Å². The van der Waals surface area contributed by atoms with E-state index in [0.29, 0.717) is 10.0 Å². The highest BCUT2D eigenvalue weighted by Crippen LogP contribution is 2.24. The molecular formula is C18H13ClN4S. The van der Waals surface area contributed by atoms with Crippen LogP contribution in [0.25, 0.3) is 11.3 Å². The predicted octanol–water partition coefficient (Wildman–Crippen LogP) is 5.11. The van der Waals surface area contributed by atoms with Gasteiger partial charge >= 0.3 is 0 Å². The molecule has 2 aromatic carbocycles. The Morgan fingerprint density at radius 2 is 2.04 bits per heavy atom. The summed E-state index contributed by atoms with van der Waals surface area (Å²) in [6.07, 6.45) is 0. The van der Waals surface area contributed by atoms with E-state index in [1.165, 1.54) is 11.3 Å². The van der Waals surface area contributed by atoms with Crippen LogP contribution in [0.2, 0.25) is 5.02 Å². The molecule has 0 unspecified atom stereocenters. The van der Waals surface area contributed by atoms with Crippen molar-refractivity contribution in [3.8, 4) is 17.3 Å². The molecule has 0 amide bonds. The molecule has 0 saturated carbocycles. The Labute approximate surface area is 149 Å². The standard InChI is InChI=1S/C18H13ClN4S/c1-12-3-2-4-15(9-12)22-23-16(10-20)18-21-17(11-24-18)13-5-7-14(19)8-6-13/h2-9,11,22H,1H3/b23-16-. The van der Waals surface area contributed by atoms with E-state index in [2.05, 4.69) is 21.6 Å². The van der Waals surface area contributed by atoms with E-state index in [1.807, 2.05) is 60.8 Å². The van der Waals surface area contributed by atoms with Crippen molar-refractivity contribution in [1.29, 1.82) is 5.26 Å². The van der Waals surface area contributed by atoms with E-state index >= 15 is 0 Å². The molecule has 0 aliphatic rings. The topological polar surface area (TPSA) is 61.1 Å². The first-order chi connectivity index (χ1) is 11.7. The van der Waals surface area contributed by atoms with Crippen molar-refractivity contribution in [2.24, 2.45) is 5.10 Å². The molecule has 3 rings (SSSR count). The summed E-state index contributed by atoms with van der Waals surface area (Å²) in [7, 11) is 0. The zero-order valence-corrected chi connectivity index (χ0v) is 14.4. The lowest BCUT2D eigenvalue weighted by atomic mass is 10.2. The second-order valence-electron chi connectivity index (χ2n) is 5.10. The van der Waals surface area contributed by atoms with Gasteiger partial charge in [-0.2, -0.15) is 10.4 Å². The molecule has 1 heterocycles. The van der Waals surface area contributed by atoms with Crippen LogP contribution < -0.4 is 5.43 Å². The number of hydrazone groups is 1. The van der Waals surface area contributed by atoms with Gasteiger partial charge in [-0.05, 0) is 36.8 Å². The number of hydrogen-bond acceptors (Lipinski definition) is 5. The van der Waals surface area contributed by atoms with Gasteiger partial charge in [0.25, 0.3) is 0 Å². The Bertz CT molecular complexity index is 923. The summed E-state index contributed by atoms with van der Waals surface area (Å²) in [6, 6.07) is 17.3. The van der Waals surface area contributed by atoms with Gasteiger partial charge in [0.05, 0.1) is 11.4 Å². The molecule has 0 aliphatic carbocycles. The maximum absolute atomic E-state index is 9.36. The molecule has 0 saturated heterocycles. The number of thiazole rings is 1. The summed E-state index contributed by atoms with van der Waals surface area (Å²) in [6.45, 7) is 2.00. The first kappa shape index (κ1) is 16.2. The third-order valence-electron chi connectivity index (χ3n) is 3.27. The molecule has 3 aromatic rings. The first-order valence-electron chi connectivity index (χ1n) is 7.18. The highest BCUT2D eigenvalue weighted by molar-refractivity contribution is 7.12. The van der Waals surface area contributed by atoms with E-state index in [1.54, 1.807) is 0 Å². The Hall–Kier alpha value is -2.68. The SMILES string of the molecule is Cc1cccc(N/N=C(/C#N)c2nc(-c3ccc(Cl)cc3)cs2)c1. The second-order valence-corrected chi connectivity index (χ2v) is 6.39. The third-order valence-corrected chi connectivity index (χ3v) is 4.37. The van der Waals surface area contributed by atoms with Gasteiger partial charge in [-0.25, -0.2) is 4.98 Å². The van der Waals surface area contributed by atoms with Crippen LogP contribution in [0.15, 0.2) is 59.0 Å². The Morgan fingerprint density at radius 1 is 1.25 bits per heavy atom. The van der Waals surface area contributed by atoms with Gasteiger partial charge in [0.15, 0.2) is 10.7 Å². The molecule has 0 bridgehead atoms. The minimum absolute atomic E-state index is 0.252. The minimum Gasteiger partial charge on any atom is -0.277 e. The number of aromatic nitrogens is 1. The van der Waals surface area contributed by atoms with E-state index in [4.69, 9.17) is 11.6 Å². The van der Waals surface area contributed by atoms with Crippen LogP contribution in [-0.2, 0) is 0 Å². The summed E-state index contributed by atoms with van der Waals surface area (Å²) in [4.78, 5) is 4.49. The average Bonchev–Trinajstić information content (AvgIpc) is 3.06. The molecule has 118 valence electrons. The summed E-state index contributed by atoms with van der Waals surface area (Å²) >= 11 is 7.28. The molecule has 0 spiro atoms. The molecule has 1 N–H and O–H groups in total. The second kappa shape index (κ2) is 7.26. The molecule has 0 fully saturated rings. The van der Waals surface area contributed by atoms with Crippen LogP contribution in [0.4, 0.5) is 5.69 Å². The zero-order chi connectivity index (χ0) is 16.9. The summed E-state index contributed by atoms with van der Waals surface area (Å²) < 4.78 is 0. The lowest BCUT2D eigenvalue weighted by Gasteiger charge is -2.01. The molecule has 6 heteroatoms. The first-order valence-corrected chi connectivity index (χ1v) is 8.44. The van der Waals surface area contributed by atoms with Crippen LogP contribution in [0.5, 0.6) is 0 Å². The number of hydrogen-bond donors (Lipinski definition) is 1. The third kappa shape index (κ3) is 3.80. The van der Waals surface area contributed by atoms with Crippen LogP contribution in [0.3, 0.4) is 0 Å². The normalized spacial score (nSPS) is 11.1. The lowest BCUT2D eigenvalue weighted by molar-refractivity contribution is 1.30. The fraction of sp³-hybridized carbons (Fsp3) is 0.0556. The highest BCUT2D eigenvalue weighted by atomic mass is 35.5. The molecular weight excluding hydrogens is 340 g/mol. The molecule has 0 radical (unpaired) electrons. The van der Waals surface area contributed by atoms with Crippen molar-refractivity contribution in [2.75, 3.05) is 5.43 Å². The smallest absolute Gasteiger partial charge is 0.196 e. The number of benzene rings is 2. The maximum atomic E-state index is 9.36. The Kier molecular flexibility index (Phi) is 4.90. The molecule has 24 heavy (non-hydrogen) atoms. The van der Waals surface area contributed by atoms with Crippen LogP contribution in [0, 0.1) is 18.3 Å². The van der Waals surface area contributed by atoms with E-state index in [0.717, 1.165) is 22.5 Å². The summed E-state index contributed by atoms with van der Waals surface area (Å²) in [5.41, 5.74) is 6.85. The van der Waals surface area contributed by atoms with Crippen LogP contribution in [-0.4, -0.2) is 10.7 Å². The quantitative estimate of drug-likeness (QED) is 0.524. The number of nitrogens with zero attached hydrogens (tertiary/aromatic N) is 3. The summed E-state index contributed by atoms with van der Waals surface area (Å²) in [5.74, 6) is 0. The molecule has 4 nitrogen and oxygen atoms in total. The van der Waals surface area contributed by atoms with Crippen molar-refractivity contribution < 1.29 is 0 Å². The minimum atomic E-state index is 0.252. The number of nitriles is 1. The van der Waals surface area contributed by atoms with E-state index in [9.17, 15) is 5.26 Å². The summed E-state index contributed by atoms with van der Waals surface area (Å²) in [5, 5.41) is 16.7. The largest absolute Gasteiger partial charge is 0.277 e.